The molecule has 5 heteroatoms. The van der Waals surface area contributed by atoms with Gasteiger partial charge in [0.2, 0.25) is 5.91 Å². The second-order valence-corrected chi connectivity index (χ2v) is 4.73. The second kappa shape index (κ2) is 6.52. The van der Waals surface area contributed by atoms with E-state index in [1.807, 2.05) is 18.7 Å². The Morgan fingerprint density at radius 2 is 2.05 bits per heavy atom. The van der Waals surface area contributed by atoms with Crippen molar-refractivity contribution in [3.63, 3.8) is 0 Å². The van der Waals surface area contributed by atoms with E-state index >= 15 is 0 Å². The number of halogens is 1. The van der Waals surface area contributed by atoms with Crippen LogP contribution in [0.5, 0.6) is 5.75 Å². The van der Waals surface area contributed by atoms with Crippen molar-refractivity contribution in [3.8, 4) is 5.75 Å². The number of amides is 1. The van der Waals surface area contributed by atoms with Gasteiger partial charge in [0, 0.05) is 25.7 Å². The van der Waals surface area contributed by atoms with Gasteiger partial charge in [-0.1, -0.05) is 6.92 Å². The molecule has 0 aliphatic heterocycles. The molecular formula is C14H21FN2O2. The fraction of sp³-hybridized carbons (Fsp3) is 0.500. The predicted molar refractivity (Wildman–Crippen MR) is 72.4 cm³/mol. The van der Waals surface area contributed by atoms with Crippen LogP contribution >= 0.6 is 0 Å². The smallest absolute Gasteiger partial charge is 0.236 e. The van der Waals surface area contributed by atoms with Crippen molar-refractivity contribution in [2.45, 2.75) is 19.9 Å². The van der Waals surface area contributed by atoms with Gasteiger partial charge in [-0.25, -0.2) is 4.39 Å². The molecule has 0 bridgehead atoms. The highest BCUT2D eigenvalue weighted by Crippen LogP contribution is 2.28. The maximum Gasteiger partial charge on any atom is 0.236 e. The molecule has 19 heavy (non-hydrogen) atoms. The van der Waals surface area contributed by atoms with Gasteiger partial charge in [-0.2, -0.15) is 0 Å². The molecule has 0 saturated carbocycles. The van der Waals surface area contributed by atoms with Crippen molar-refractivity contribution in [2.24, 2.45) is 0 Å². The molecular weight excluding hydrogens is 247 g/mol. The highest BCUT2D eigenvalue weighted by atomic mass is 19.1. The zero-order valence-corrected chi connectivity index (χ0v) is 11.9. The van der Waals surface area contributed by atoms with Crippen LogP contribution in [-0.4, -0.2) is 48.0 Å². The number of carbonyl (C=O) groups excluding carboxylic acids is 1. The Bertz CT molecular complexity index is 449. The molecule has 0 aromatic heterocycles. The Morgan fingerprint density at radius 1 is 1.42 bits per heavy atom. The summed E-state index contributed by atoms with van der Waals surface area (Å²) in [6, 6.07) is 3.63. The number of aromatic hydroxyl groups is 1. The number of likely N-dealkylation sites (N-methyl/N-ethyl adjacent to an activating group) is 2. The molecule has 1 unspecified atom stereocenters. The molecule has 1 rings (SSSR count). The molecule has 0 spiro atoms. The largest absolute Gasteiger partial charge is 0.508 e. The fourth-order valence-electron chi connectivity index (χ4n) is 1.89. The lowest BCUT2D eigenvalue weighted by Gasteiger charge is -2.29. The van der Waals surface area contributed by atoms with Crippen LogP contribution in [0.1, 0.15) is 25.5 Å². The van der Waals surface area contributed by atoms with E-state index in [1.54, 1.807) is 14.1 Å². The highest BCUT2D eigenvalue weighted by molar-refractivity contribution is 5.77. The summed E-state index contributed by atoms with van der Waals surface area (Å²) in [6.07, 6.45) is 0. The molecule has 1 atom stereocenters. The quantitative estimate of drug-likeness (QED) is 0.888. The van der Waals surface area contributed by atoms with Gasteiger partial charge in [-0.15, -0.1) is 0 Å². The summed E-state index contributed by atoms with van der Waals surface area (Å²) in [5.74, 6) is -0.371. The van der Waals surface area contributed by atoms with E-state index < -0.39 is 5.82 Å². The van der Waals surface area contributed by atoms with Crippen LogP contribution in [-0.2, 0) is 4.79 Å². The van der Waals surface area contributed by atoms with Gasteiger partial charge >= 0.3 is 0 Å². The van der Waals surface area contributed by atoms with Crippen LogP contribution in [0, 0.1) is 5.82 Å². The first-order valence-electron chi connectivity index (χ1n) is 6.29. The van der Waals surface area contributed by atoms with E-state index in [4.69, 9.17) is 0 Å². The lowest BCUT2D eigenvalue weighted by Crippen LogP contribution is -2.38. The number of benzene rings is 1. The Labute approximate surface area is 113 Å². The van der Waals surface area contributed by atoms with Crippen LogP contribution in [0.4, 0.5) is 4.39 Å². The topological polar surface area (TPSA) is 43.8 Å². The lowest BCUT2D eigenvalue weighted by molar-refractivity contribution is -0.130. The number of phenols is 1. The number of rotatable bonds is 5. The monoisotopic (exact) mass is 268 g/mol. The summed E-state index contributed by atoms with van der Waals surface area (Å²) in [5, 5.41) is 9.80. The van der Waals surface area contributed by atoms with Crippen molar-refractivity contribution < 1.29 is 14.3 Å². The Morgan fingerprint density at radius 3 is 2.58 bits per heavy atom. The third kappa shape index (κ3) is 3.92. The summed E-state index contributed by atoms with van der Waals surface area (Å²) in [5.41, 5.74) is 0.494. The van der Waals surface area contributed by atoms with Crippen molar-refractivity contribution in [1.29, 1.82) is 0 Å². The van der Waals surface area contributed by atoms with Gasteiger partial charge in [0.05, 0.1) is 6.54 Å². The minimum absolute atomic E-state index is 0.0235. The first kappa shape index (κ1) is 15.4. The van der Waals surface area contributed by atoms with E-state index in [-0.39, 0.29) is 24.2 Å². The summed E-state index contributed by atoms with van der Waals surface area (Å²) in [6.45, 7) is 4.65. The Balaban J connectivity index is 2.92. The molecule has 1 aromatic rings. The fourth-order valence-corrected chi connectivity index (χ4v) is 1.89. The van der Waals surface area contributed by atoms with Gasteiger partial charge in [-0.05, 0) is 31.7 Å². The van der Waals surface area contributed by atoms with Crippen LogP contribution in [0.15, 0.2) is 18.2 Å². The average Bonchev–Trinajstić information content (AvgIpc) is 2.37. The molecule has 0 aliphatic carbocycles. The molecule has 0 radical (unpaired) electrons. The number of nitrogens with zero attached hydrogens (tertiary/aromatic N) is 2. The molecule has 106 valence electrons. The van der Waals surface area contributed by atoms with Crippen molar-refractivity contribution >= 4 is 5.91 Å². The van der Waals surface area contributed by atoms with E-state index in [2.05, 4.69) is 0 Å². The van der Waals surface area contributed by atoms with Crippen LogP contribution in [0.2, 0.25) is 0 Å². The molecule has 1 amide bonds. The first-order valence-corrected chi connectivity index (χ1v) is 6.29. The molecule has 0 heterocycles. The SMILES string of the molecule is CCN(CC(=O)N(C)C)C(C)c1cc(F)ccc1O. The average molecular weight is 268 g/mol. The zero-order valence-electron chi connectivity index (χ0n) is 11.9. The molecule has 0 saturated heterocycles. The van der Waals surface area contributed by atoms with Gasteiger partial charge in [0.15, 0.2) is 0 Å². The van der Waals surface area contributed by atoms with Gasteiger partial charge < -0.3 is 10.0 Å². The lowest BCUT2D eigenvalue weighted by atomic mass is 10.1. The van der Waals surface area contributed by atoms with Gasteiger partial charge in [0.25, 0.3) is 0 Å². The molecule has 1 aromatic carbocycles. The Hall–Kier alpha value is -1.62. The summed E-state index contributed by atoms with van der Waals surface area (Å²) < 4.78 is 13.3. The molecule has 4 nitrogen and oxygen atoms in total. The van der Waals surface area contributed by atoms with E-state index in [0.717, 1.165) is 0 Å². The molecule has 0 aliphatic rings. The first-order chi connectivity index (χ1) is 8.86. The van der Waals surface area contributed by atoms with Crippen LogP contribution < -0.4 is 0 Å². The molecule has 1 N–H and O–H groups in total. The standard InChI is InChI=1S/C14H21FN2O2/c1-5-17(9-14(19)16(3)4)10(2)12-8-11(15)6-7-13(12)18/h6-8,10,18H,5,9H2,1-4H3. The second-order valence-electron chi connectivity index (χ2n) is 4.73. The number of carbonyl (C=O) groups is 1. The summed E-state index contributed by atoms with van der Waals surface area (Å²) in [4.78, 5) is 15.1. The normalized spacial score (nSPS) is 12.5. The van der Waals surface area contributed by atoms with Crippen molar-refractivity contribution in [1.82, 2.24) is 9.80 Å². The Kier molecular flexibility index (Phi) is 5.30. The highest BCUT2D eigenvalue weighted by Gasteiger charge is 2.20. The number of hydrogen-bond donors (Lipinski definition) is 1. The maximum absolute atomic E-state index is 13.3. The predicted octanol–water partition coefficient (Wildman–Crippen LogP) is 2.00. The number of phenolic OH excluding ortho intramolecular Hbond substituents is 1. The van der Waals surface area contributed by atoms with Crippen LogP contribution in [0.25, 0.3) is 0 Å². The van der Waals surface area contributed by atoms with Crippen molar-refractivity contribution in [3.05, 3.63) is 29.6 Å². The third-order valence-corrected chi connectivity index (χ3v) is 3.23. The zero-order chi connectivity index (χ0) is 14.6. The summed E-state index contributed by atoms with van der Waals surface area (Å²) in [7, 11) is 3.39. The van der Waals surface area contributed by atoms with Gasteiger partial charge in [0.1, 0.15) is 11.6 Å². The molecule has 0 fully saturated rings. The minimum Gasteiger partial charge on any atom is -0.508 e. The van der Waals surface area contributed by atoms with E-state index in [9.17, 15) is 14.3 Å². The third-order valence-electron chi connectivity index (χ3n) is 3.23. The number of hydrogen-bond acceptors (Lipinski definition) is 3. The maximum atomic E-state index is 13.3. The summed E-state index contributed by atoms with van der Waals surface area (Å²) >= 11 is 0. The van der Waals surface area contributed by atoms with Crippen molar-refractivity contribution in [2.75, 3.05) is 27.2 Å². The van der Waals surface area contributed by atoms with Gasteiger partial charge in [-0.3, -0.25) is 9.69 Å². The van der Waals surface area contributed by atoms with E-state index in [0.29, 0.717) is 12.1 Å². The van der Waals surface area contributed by atoms with Crippen LogP contribution in [0.3, 0.4) is 0 Å². The minimum atomic E-state index is -0.394. The van der Waals surface area contributed by atoms with E-state index in [1.165, 1.54) is 23.1 Å².